The van der Waals surface area contributed by atoms with Gasteiger partial charge in [-0.15, -0.1) is 0 Å². The van der Waals surface area contributed by atoms with E-state index in [1.54, 1.807) is 0 Å². The van der Waals surface area contributed by atoms with Gasteiger partial charge in [-0.3, -0.25) is 0 Å². The van der Waals surface area contributed by atoms with Crippen molar-refractivity contribution in [1.29, 1.82) is 0 Å². The quantitative estimate of drug-likeness (QED) is 0.760. The zero-order valence-corrected chi connectivity index (χ0v) is 10.3. The number of rotatable bonds is 1. The third kappa shape index (κ3) is 1.71. The highest BCUT2D eigenvalue weighted by atomic mass is 35.5. The maximum Gasteiger partial charge on any atom is 0.0640 e. The van der Waals surface area contributed by atoms with Gasteiger partial charge >= 0.3 is 0 Å². The highest BCUT2D eigenvalue weighted by Crippen LogP contribution is 2.44. The van der Waals surface area contributed by atoms with Crippen LogP contribution in [0.1, 0.15) is 43.6 Å². The molecule has 1 fully saturated rings. The lowest BCUT2D eigenvalue weighted by Crippen LogP contribution is -2.17. The van der Waals surface area contributed by atoms with Crippen LogP contribution >= 0.6 is 11.6 Å². The Bertz CT molecular complexity index is 382. The van der Waals surface area contributed by atoms with Gasteiger partial charge in [0.25, 0.3) is 0 Å². The molecule has 1 aromatic rings. The Morgan fingerprint density at radius 2 is 1.94 bits per heavy atom. The zero-order chi connectivity index (χ0) is 11.0. The number of halogens is 1. The lowest BCUT2D eigenvalue weighted by Gasteiger charge is -2.27. The van der Waals surface area contributed by atoms with Gasteiger partial charge in [0.05, 0.1) is 10.7 Å². The van der Waals surface area contributed by atoms with Crippen LogP contribution in [0.25, 0.3) is 0 Å². The van der Waals surface area contributed by atoms with Gasteiger partial charge in [0, 0.05) is 12.5 Å². The molecule has 1 N–H and O–H groups in total. The lowest BCUT2D eigenvalue weighted by molar-refractivity contribution is 0.316. The van der Waals surface area contributed by atoms with Crippen LogP contribution in [0.3, 0.4) is 0 Å². The van der Waals surface area contributed by atoms with E-state index in [0.29, 0.717) is 5.92 Å². The normalized spacial score (nSPS) is 25.2. The summed E-state index contributed by atoms with van der Waals surface area (Å²) in [4.78, 5) is 0. The van der Waals surface area contributed by atoms with Crippen molar-refractivity contribution in [2.45, 2.75) is 38.0 Å². The lowest BCUT2D eigenvalue weighted by atomic mass is 9.78. The molecule has 0 spiro atoms. The van der Waals surface area contributed by atoms with Gasteiger partial charge in [-0.1, -0.05) is 43.0 Å². The minimum atomic E-state index is 0.703. The molecule has 0 bridgehead atoms. The molecule has 1 unspecified atom stereocenters. The largest absolute Gasteiger partial charge is 0.383 e. The second-order valence-corrected chi connectivity index (χ2v) is 5.50. The number of benzene rings is 1. The van der Waals surface area contributed by atoms with E-state index in [0.717, 1.165) is 17.5 Å². The molecular formula is C14H18ClN. The SMILES string of the molecule is Clc1cccc2c1NCC2C1CCCCC1. The molecule has 0 radical (unpaired) electrons. The Kier molecular flexibility index (Phi) is 2.81. The summed E-state index contributed by atoms with van der Waals surface area (Å²) in [5.74, 6) is 1.58. The minimum Gasteiger partial charge on any atom is -0.383 e. The second-order valence-electron chi connectivity index (χ2n) is 5.09. The molecule has 0 saturated heterocycles. The number of nitrogens with one attached hydrogen (secondary N) is 1. The van der Waals surface area contributed by atoms with Gasteiger partial charge in [0.15, 0.2) is 0 Å². The van der Waals surface area contributed by atoms with E-state index in [1.165, 1.54) is 43.4 Å². The Morgan fingerprint density at radius 1 is 1.12 bits per heavy atom. The summed E-state index contributed by atoms with van der Waals surface area (Å²) < 4.78 is 0. The number of hydrogen-bond donors (Lipinski definition) is 1. The molecule has 1 saturated carbocycles. The van der Waals surface area contributed by atoms with Crippen LogP contribution in [0.15, 0.2) is 18.2 Å². The van der Waals surface area contributed by atoms with E-state index in [1.807, 2.05) is 6.07 Å². The van der Waals surface area contributed by atoms with Gasteiger partial charge in [-0.25, -0.2) is 0 Å². The number of para-hydroxylation sites is 1. The number of anilines is 1. The van der Waals surface area contributed by atoms with Crippen LogP contribution in [0.2, 0.25) is 5.02 Å². The van der Waals surface area contributed by atoms with E-state index in [2.05, 4.69) is 17.4 Å². The van der Waals surface area contributed by atoms with Gasteiger partial charge in [0.2, 0.25) is 0 Å². The molecule has 1 aliphatic heterocycles. The predicted molar refractivity (Wildman–Crippen MR) is 69.3 cm³/mol. The first kappa shape index (κ1) is 10.5. The Balaban J connectivity index is 1.87. The average molecular weight is 236 g/mol. The fourth-order valence-electron chi connectivity index (χ4n) is 3.32. The molecule has 1 aliphatic carbocycles. The molecule has 1 atom stereocenters. The highest BCUT2D eigenvalue weighted by molar-refractivity contribution is 6.33. The number of hydrogen-bond acceptors (Lipinski definition) is 1. The maximum absolute atomic E-state index is 6.21. The van der Waals surface area contributed by atoms with Gasteiger partial charge in [0.1, 0.15) is 0 Å². The van der Waals surface area contributed by atoms with Gasteiger partial charge in [-0.2, -0.15) is 0 Å². The summed E-state index contributed by atoms with van der Waals surface area (Å²) in [5.41, 5.74) is 2.65. The van der Waals surface area contributed by atoms with Gasteiger partial charge in [-0.05, 0) is 30.4 Å². The first-order valence-corrected chi connectivity index (χ1v) is 6.76. The highest BCUT2D eigenvalue weighted by Gasteiger charge is 2.31. The van der Waals surface area contributed by atoms with Crippen molar-refractivity contribution in [1.82, 2.24) is 0 Å². The molecule has 2 aliphatic rings. The molecule has 86 valence electrons. The summed E-state index contributed by atoms with van der Waals surface area (Å²) in [7, 11) is 0. The third-order valence-corrected chi connectivity index (χ3v) is 4.48. The van der Waals surface area contributed by atoms with Crippen LogP contribution in [0, 0.1) is 5.92 Å². The molecule has 2 heteroatoms. The molecule has 0 aromatic heterocycles. The second kappa shape index (κ2) is 4.29. The Morgan fingerprint density at radius 3 is 2.75 bits per heavy atom. The summed E-state index contributed by atoms with van der Waals surface area (Å²) >= 11 is 6.21. The zero-order valence-electron chi connectivity index (χ0n) is 9.51. The van der Waals surface area contributed by atoms with Crippen LogP contribution in [0.5, 0.6) is 0 Å². The average Bonchev–Trinajstić information content (AvgIpc) is 2.75. The first-order chi connectivity index (χ1) is 7.86. The molecule has 1 aromatic carbocycles. The Labute approximate surface area is 102 Å². The summed E-state index contributed by atoms with van der Waals surface area (Å²) in [5, 5.41) is 4.37. The molecule has 16 heavy (non-hydrogen) atoms. The molecule has 0 amide bonds. The van der Waals surface area contributed by atoms with Crippen LogP contribution in [-0.4, -0.2) is 6.54 Å². The van der Waals surface area contributed by atoms with Crippen molar-refractivity contribution in [3.05, 3.63) is 28.8 Å². The van der Waals surface area contributed by atoms with Crippen LogP contribution in [-0.2, 0) is 0 Å². The summed E-state index contributed by atoms with van der Waals surface area (Å²) in [6.45, 7) is 1.09. The maximum atomic E-state index is 6.21. The fraction of sp³-hybridized carbons (Fsp3) is 0.571. The van der Waals surface area contributed by atoms with Gasteiger partial charge < -0.3 is 5.32 Å². The topological polar surface area (TPSA) is 12.0 Å². The fourth-order valence-corrected chi connectivity index (χ4v) is 3.56. The number of fused-ring (bicyclic) bond motifs is 1. The Hall–Kier alpha value is -0.690. The van der Waals surface area contributed by atoms with Crippen molar-refractivity contribution in [2.24, 2.45) is 5.92 Å². The molecule has 1 heterocycles. The van der Waals surface area contributed by atoms with E-state index < -0.39 is 0 Å². The van der Waals surface area contributed by atoms with Crippen molar-refractivity contribution in [3.8, 4) is 0 Å². The molecule has 1 nitrogen and oxygen atoms in total. The van der Waals surface area contributed by atoms with Crippen LogP contribution < -0.4 is 5.32 Å². The molecule has 3 rings (SSSR count). The van der Waals surface area contributed by atoms with Crippen molar-refractivity contribution >= 4 is 17.3 Å². The van der Waals surface area contributed by atoms with E-state index in [9.17, 15) is 0 Å². The van der Waals surface area contributed by atoms with Crippen LogP contribution in [0.4, 0.5) is 5.69 Å². The van der Waals surface area contributed by atoms with Crippen molar-refractivity contribution in [3.63, 3.8) is 0 Å². The summed E-state index contributed by atoms with van der Waals surface area (Å²) in [6.07, 6.45) is 7.06. The van der Waals surface area contributed by atoms with Crippen molar-refractivity contribution < 1.29 is 0 Å². The monoisotopic (exact) mass is 235 g/mol. The summed E-state index contributed by atoms with van der Waals surface area (Å²) in [6, 6.07) is 6.32. The van der Waals surface area contributed by atoms with E-state index in [4.69, 9.17) is 11.6 Å². The first-order valence-electron chi connectivity index (χ1n) is 6.38. The standard InChI is InChI=1S/C14H18ClN/c15-13-8-4-7-11-12(9-16-14(11)13)10-5-2-1-3-6-10/h4,7-8,10,12,16H,1-3,5-6,9H2. The van der Waals surface area contributed by atoms with E-state index >= 15 is 0 Å². The molecular weight excluding hydrogens is 218 g/mol. The third-order valence-electron chi connectivity index (χ3n) is 4.16. The van der Waals surface area contributed by atoms with Crippen molar-refractivity contribution in [2.75, 3.05) is 11.9 Å². The minimum absolute atomic E-state index is 0.703. The predicted octanol–water partition coefficient (Wildman–Crippen LogP) is 4.43. The smallest absolute Gasteiger partial charge is 0.0640 e. The van der Waals surface area contributed by atoms with E-state index in [-0.39, 0.29) is 0 Å².